The number of hydrogen-bond donors (Lipinski definition) is 2. The first kappa shape index (κ1) is 17.1. The van der Waals surface area contributed by atoms with E-state index >= 15 is 0 Å². The molecule has 1 aromatic carbocycles. The average molecular weight is 343 g/mol. The molecule has 2 aliphatic rings. The van der Waals surface area contributed by atoms with Crippen LogP contribution in [0.1, 0.15) is 52.0 Å². The van der Waals surface area contributed by atoms with Crippen molar-refractivity contribution in [2.24, 2.45) is 0 Å². The van der Waals surface area contributed by atoms with Crippen molar-refractivity contribution in [3.8, 4) is 0 Å². The molecule has 0 atom stereocenters. The second-order valence-electron chi connectivity index (χ2n) is 6.53. The molecule has 7 heteroatoms. The maximum absolute atomic E-state index is 12.3. The highest BCUT2D eigenvalue weighted by Crippen LogP contribution is 2.23. The number of fused-ring (bicyclic) bond motifs is 1. The first-order chi connectivity index (χ1) is 12.0. The van der Waals surface area contributed by atoms with Crippen LogP contribution >= 0.6 is 0 Å². The Hall–Kier alpha value is -2.70. The molecule has 0 bridgehead atoms. The molecular formula is C18H21N3O4. The minimum absolute atomic E-state index is 0.0847. The third kappa shape index (κ3) is 3.70. The van der Waals surface area contributed by atoms with Crippen molar-refractivity contribution in [3.63, 3.8) is 0 Å². The van der Waals surface area contributed by atoms with E-state index in [-0.39, 0.29) is 43.3 Å². The highest BCUT2D eigenvalue weighted by Gasteiger charge is 2.35. The van der Waals surface area contributed by atoms with Crippen LogP contribution in [-0.4, -0.2) is 47.7 Å². The highest BCUT2D eigenvalue weighted by molar-refractivity contribution is 6.21. The summed E-state index contributed by atoms with van der Waals surface area (Å²) in [5.41, 5.74) is 1.70. The van der Waals surface area contributed by atoms with Gasteiger partial charge in [-0.3, -0.25) is 24.1 Å². The van der Waals surface area contributed by atoms with Crippen LogP contribution in [0.25, 0.3) is 0 Å². The molecule has 3 rings (SSSR count). The summed E-state index contributed by atoms with van der Waals surface area (Å²) in [4.78, 5) is 49.1. The van der Waals surface area contributed by atoms with E-state index in [9.17, 15) is 19.2 Å². The number of rotatable bonds is 6. The molecule has 0 unspecified atom stereocenters. The van der Waals surface area contributed by atoms with Crippen molar-refractivity contribution in [2.75, 3.05) is 13.1 Å². The van der Waals surface area contributed by atoms with Crippen LogP contribution in [0.5, 0.6) is 0 Å². The molecule has 2 N–H and O–H groups in total. The van der Waals surface area contributed by atoms with Crippen molar-refractivity contribution in [1.82, 2.24) is 15.5 Å². The number of carbonyl (C=O) groups is 4. The van der Waals surface area contributed by atoms with Crippen LogP contribution in [0.3, 0.4) is 0 Å². The van der Waals surface area contributed by atoms with Gasteiger partial charge in [0.25, 0.3) is 11.8 Å². The molecule has 0 spiro atoms. The fourth-order valence-corrected chi connectivity index (χ4v) is 2.95. The lowest BCUT2D eigenvalue weighted by molar-refractivity contribution is -0.130. The smallest absolute Gasteiger partial charge is 0.261 e. The summed E-state index contributed by atoms with van der Waals surface area (Å²) < 4.78 is 0. The van der Waals surface area contributed by atoms with E-state index in [1.165, 1.54) is 0 Å². The normalized spacial score (nSPS) is 16.4. The SMILES string of the molecule is Cc1ccc2c(c1)C(=O)N(CCNC(=O)CC(=O)NC1CCC1)C2=O. The van der Waals surface area contributed by atoms with Crippen LogP contribution in [-0.2, 0) is 9.59 Å². The Morgan fingerprint density at radius 2 is 1.84 bits per heavy atom. The number of aryl methyl sites for hydroxylation is 1. The Kier molecular flexibility index (Phi) is 4.83. The molecule has 1 fully saturated rings. The highest BCUT2D eigenvalue weighted by atomic mass is 16.2. The monoisotopic (exact) mass is 343 g/mol. The van der Waals surface area contributed by atoms with Gasteiger partial charge in [-0.25, -0.2) is 0 Å². The van der Waals surface area contributed by atoms with E-state index in [4.69, 9.17) is 0 Å². The topological polar surface area (TPSA) is 95.6 Å². The second-order valence-corrected chi connectivity index (χ2v) is 6.53. The van der Waals surface area contributed by atoms with E-state index in [2.05, 4.69) is 10.6 Å². The summed E-state index contributed by atoms with van der Waals surface area (Å²) in [5, 5.41) is 5.37. The van der Waals surface area contributed by atoms with Crippen molar-refractivity contribution < 1.29 is 19.2 Å². The largest absolute Gasteiger partial charge is 0.354 e. The van der Waals surface area contributed by atoms with Crippen LogP contribution in [0.2, 0.25) is 0 Å². The van der Waals surface area contributed by atoms with Crippen molar-refractivity contribution >= 4 is 23.6 Å². The zero-order valence-corrected chi connectivity index (χ0v) is 14.1. The second kappa shape index (κ2) is 7.04. The fourth-order valence-electron chi connectivity index (χ4n) is 2.95. The number of nitrogens with one attached hydrogen (secondary N) is 2. The predicted molar refractivity (Wildman–Crippen MR) is 90.0 cm³/mol. The first-order valence-electron chi connectivity index (χ1n) is 8.48. The van der Waals surface area contributed by atoms with E-state index in [0.717, 1.165) is 29.7 Å². The number of amides is 4. The van der Waals surface area contributed by atoms with Gasteiger partial charge in [-0.2, -0.15) is 0 Å². The Morgan fingerprint density at radius 3 is 2.52 bits per heavy atom. The van der Waals surface area contributed by atoms with Gasteiger partial charge < -0.3 is 10.6 Å². The molecule has 0 aromatic heterocycles. The quantitative estimate of drug-likeness (QED) is 0.589. The minimum atomic E-state index is -0.413. The lowest BCUT2D eigenvalue weighted by atomic mass is 9.93. The Bertz CT molecular complexity index is 740. The Labute approximate surface area is 145 Å². The molecule has 1 aliphatic carbocycles. The van der Waals surface area contributed by atoms with Crippen LogP contribution in [0, 0.1) is 6.92 Å². The number of nitrogens with zero attached hydrogens (tertiary/aromatic N) is 1. The van der Waals surface area contributed by atoms with Gasteiger partial charge in [0, 0.05) is 19.1 Å². The molecular weight excluding hydrogens is 322 g/mol. The third-order valence-electron chi connectivity index (χ3n) is 4.58. The van der Waals surface area contributed by atoms with Gasteiger partial charge in [-0.1, -0.05) is 11.6 Å². The van der Waals surface area contributed by atoms with Gasteiger partial charge in [0.1, 0.15) is 6.42 Å². The minimum Gasteiger partial charge on any atom is -0.354 e. The summed E-state index contributed by atoms with van der Waals surface area (Å²) in [6.07, 6.45) is 2.80. The summed E-state index contributed by atoms with van der Waals surface area (Å²) in [7, 11) is 0. The third-order valence-corrected chi connectivity index (χ3v) is 4.58. The zero-order chi connectivity index (χ0) is 18.0. The van der Waals surface area contributed by atoms with Gasteiger partial charge in [0.05, 0.1) is 11.1 Å². The maximum atomic E-state index is 12.3. The zero-order valence-electron chi connectivity index (χ0n) is 14.1. The lowest BCUT2D eigenvalue weighted by Crippen LogP contribution is -2.43. The van der Waals surface area contributed by atoms with E-state index < -0.39 is 5.91 Å². The Balaban J connectivity index is 1.46. The standard InChI is InChI=1S/C18H21N3O4/c1-11-5-6-13-14(9-11)18(25)21(17(13)24)8-7-19-15(22)10-16(23)20-12-3-2-4-12/h5-6,9,12H,2-4,7-8,10H2,1H3,(H,19,22)(H,20,23). The molecule has 1 heterocycles. The first-order valence-corrected chi connectivity index (χ1v) is 8.48. The number of hydrogen-bond acceptors (Lipinski definition) is 4. The van der Waals surface area contributed by atoms with Gasteiger partial charge in [0.2, 0.25) is 11.8 Å². The van der Waals surface area contributed by atoms with Crippen LogP contribution in [0.15, 0.2) is 18.2 Å². The molecule has 0 saturated heterocycles. The van der Waals surface area contributed by atoms with Gasteiger partial charge in [-0.15, -0.1) is 0 Å². The summed E-state index contributed by atoms with van der Waals surface area (Å²) in [6, 6.07) is 5.32. The van der Waals surface area contributed by atoms with Crippen LogP contribution in [0.4, 0.5) is 0 Å². The number of imide groups is 1. The van der Waals surface area contributed by atoms with Crippen molar-refractivity contribution in [1.29, 1.82) is 0 Å². The lowest BCUT2D eigenvalue weighted by Gasteiger charge is -2.26. The molecule has 1 aliphatic heterocycles. The van der Waals surface area contributed by atoms with Crippen molar-refractivity contribution in [2.45, 2.75) is 38.6 Å². The number of carbonyl (C=O) groups excluding carboxylic acids is 4. The maximum Gasteiger partial charge on any atom is 0.261 e. The predicted octanol–water partition coefficient (Wildman–Crippen LogP) is 0.766. The molecule has 132 valence electrons. The summed E-state index contributed by atoms with van der Waals surface area (Å²) >= 11 is 0. The van der Waals surface area contributed by atoms with E-state index in [1.807, 2.05) is 6.92 Å². The summed E-state index contributed by atoms with van der Waals surface area (Å²) in [6.45, 7) is 2.07. The fraction of sp³-hybridized carbons (Fsp3) is 0.444. The Morgan fingerprint density at radius 1 is 1.12 bits per heavy atom. The number of benzene rings is 1. The average Bonchev–Trinajstić information content (AvgIpc) is 2.75. The molecule has 7 nitrogen and oxygen atoms in total. The van der Waals surface area contributed by atoms with E-state index in [1.54, 1.807) is 18.2 Å². The van der Waals surface area contributed by atoms with Crippen molar-refractivity contribution in [3.05, 3.63) is 34.9 Å². The summed E-state index contributed by atoms with van der Waals surface area (Å²) in [5.74, 6) is -1.40. The molecule has 1 saturated carbocycles. The molecule has 0 radical (unpaired) electrons. The van der Waals surface area contributed by atoms with Crippen LogP contribution < -0.4 is 10.6 Å². The molecule has 1 aromatic rings. The van der Waals surface area contributed by atoms with Gasteiger partial charge in [-0.05, 0) is 38.3 Å². The van der Waals surface area contributed by atoms with E-state index in [0.29, 0.717) is 11.1 Å². The molecule has 25 heavy (non-hydrogen) atoms. The van der Waals surface area contributed by atoms with Gasteiger partial charge in [0.15, 0.2) is 0 Å². The molecule has 4 amide bonds. The van der Waals surface area contributed by atoms with Gasteiger partial charge >= 0.3 is 0 Å².